The number of pyridine rings is 2. The van der Waals surface area contributed by atoms with E-state index in [9.17, 15) is 0 Å². The number of aromatic nitrogens is 2. The van der Waals surface area contributed by atoms with Gasteiger partial charge in [-0.3, -0.25) is 9.97 Å². The molecule has 0 aromatic carbocycles. The van der Waals surface area contributed by atoms with Crippen LogP contribution in [0.25, 0.3) is 0 Å². The van der Waals surface area contributed by atoms with Crippen LogP contribution >= 0.6 is 0 Å². The quantitative estimate of drug-likeness (QED) is 0.871. The molecule has 0 aliphatic carbocycles. The Kier molecular flexibility index (Phi) is 3.83. The van der Waals surface area contributed by atoms with Crippen molar-refractivity contribution in [1.82, 2.24) is 15.3 Å². The number of nitrogens with zero attached hydrogens (tertiary/aromatic N) is 2. The Bertz CT molecular complexity index is 477. The van der Waals surface area contributed by atoms with E-state index in [2.05, 4.69) is 21.4 Å². The van der Waals surface area contributed by atoms with Crippen LogP contribution in [0.15, 0.2) is 36.5 Å². The highest BCUT2D eigenvalue weighted by Crippen LogP contribution is 2.00. The van der Waals surface area contributed by atoms with E-state index < -0.39 is 0 Å². The Morgan fingerprint density at radius 3 is 2.53 bits per heavy atom. The normalized spacial score (nSPS) is 10.5. The predicted molar refractivity (Wildman–Crippen MR) is 68.5 cm³/mol. The highest BCUT2D eigenvalue weighted by Gasteiger charge is 1.96. The molecule has 17 heavy (non-hydrogen) atoms. The molecular formula is C14H17N3. The second-order valence-electron chi connectivity index (χ2n) is 4.20. The zero-order valence-corrected chi connectivity index (χ0v) is 10.3. The lowest BCUT2D eigenvalue weighted by molar-refractivity contribution is 0.665. The number of hydrogen-bond acceptors (Lipinski definition) is 3. The molecule has 2 rings (SSSR count). The highest BCUT2D eigenvalue weighted by molar-refractivity contribution is 5.13. The Morgan fingerprint density at radius 2 is 1.82 bits per heavy atom. The summed E-state index contributed by atoms with van der Waals surface area (Å²) in [7, 11) is 0. The molecular weight excluding hydrogens is 210 g/mol. The molecule has 0 saturated carbocycles. The van der Waals surface area contributed by atoms with Crippen molar-refractivity contribution in [2.45, 2.75) is 26.9 Å². The molecule has 0 saturated heterocycles. The zero-order valence-electron chi connectivity index (χ0n) is 10.3. The van der Waals surface area contributed by atoms with E-state index in [1.54, 1.807) is 0 Å². The maximum absolute atomic E-state index is 4.44. The van der Waals surface area contributed by atoms with Crippen molar-refractivity contribution in [1.29, 1.82) is 0 Å². The third-order valence-corrected chi connectivity index (χ3v) is 2.53. The summed E-state index contributed by atoms with van der Waals surface area (Å²) in [5.41, 5.74) is 4.37. The fourth-order valence-corrected chi connectivity index (χ4v) is 1.62. The molecule has 0 radical (unpaired) electrons. The van der Waals surface area contributed by atoms with Crippen molar-refractivity contribution >= 4 is 0 Å². The van der Waals surface area contributed by atoms with Gasteiger partial charge in [0.25, 0.3) is 0 Å². The molecule has 2 aromatic heterocycles. The molecule has 0 bridgehead atoms. The maximum Gasteiger partial charge on any atom is 0.0544 e. The van der Waals surface area contributed by atoms with Gasteiger partial charge in [-0.2, -0.15) is 0 Å². The van der Waals surface area contributed by atoms with Gasteiger partial charge in [0.1, 0.15) is 0 Å². The van der Waals surface area contributed by atoms with Crippen molar-refractivity contribution < 1.29 is 0 Å². The van der Waals surface area contributed by atoms with Crippen molar-refractivity contribution in [3.05, 3.63) is 59.2 Å². The molecule has 0 aliphatic rings. The van der Waals surface area contributed by atoms with Gasteiger partial charge in [0, 0.05) is 25.0 Å². The minimum atomic E-state index is 0.774. The van der Waals surface area contributed by atoms with Crippen LogP contribution in [-0.4, -0.2) is 9.97 Å². The lowest BCUT2D eigenvalue weighted by Gasteiger charge is -2.05. The van der Waals surface area contributed by atoms with E-state index in [0.717, 1.165) is 30.2 Å². The van der Waals surface area contributed by atoms with Crippen LogP contribution in [0.3, 0.4) is 0 Å². The molecule has 1 N–H and O–H groups in total. The third kappa shape index (κ3) is 3.64. The van der Waals surface area contributed by atoms with Gasteiger partial charge in [-0.15, -0.1) is 0 Å². The first-order valence-corrected chi connectivity index (χ1v) is 5.79. The first-order valence-electron chi connectivity index (χ1n) is 5.79. The van der Waals surface area contributed by atoms with Crippen LogP contribution in [0.4, 0.5) is 0 Å². The molecule has 88 valence electrons. The van der Waals surface area contributed by atoms with Crippen LogP contribution in [0, 0.1) is 13.8 Å². The number of hydrogen-bond donors (Lipinski definition) is 1. The smallest absolute Gasteiger partial charge is 0.0544 e. The standard InChI is InChI=1S/C14H17N3/c1-11-6-7-13(16-8-11)9-15-10-14-5-3-4-12(2)17-14/h3-8,15H,9-10H2,1-2H3. The molecule has 3 nitrogen and oxygen atoms in total. The van der Waals surface area contributed by atoms with Gasteiger partial charge in [-0.25, -0.2) is 0 Å². The second kappa shape index (κ2) is 5.55. The summed E-state index contributed by atoms with van der Waals surface area (Å²) in [4.78, 5) is 8.78. The summed E-state index contributed by atoms with van der Waals surface area (Å²) in [5, 5.41) is 3.34. The monoisotopic (exact) mass is 227 g/mol. The molecule has 0 atom stereocenters. The SMILES string of the molecule is Cc1ccc(CNCc2cccc(C)n2)nc1. The molecule has 0 unspecified atom stereocenters. The summed E-state index contributed by atoms with van der Waals surface area (Å²) in [6.45, 7) is 5.60. The van der Waals surface area contributed by atoms with E-state index in [0.29, 0.717) is 0 Å². The predicted octanol–water partition coefficient (Wildman–Crippen LogP) is 2.38. The minimum Gasteiger partial charge on any atom is -0.306 e. The second-order valence-corrected chi connectivity index (χ2v) is 4.20. The molecule has 0 fully saturated rings. The number of nitrogens with one attached hydrogen (secondary N) is 1. The highest BCUT2D eigenvalue weighted by atomic mass is 14.9. The van der Waals surface area contributed by atoms with Crippen molar-refractivity contribution in [2.24, 2.45) is 0 Å². The lowest BCUT2D eigenvalue weighted by Crippen LogP contribution is -2.14. The topological polar surface area (TPSA) is 37.8 Å². The summed E-state index contributed by atoms with van der Waals surface area (Å²) < 4.78 is 0. The molecule has 0 spiro atoms. The summed E-state index contributed by atoms with van der Waals surface area (Å²) >= 11 is 0. The van der Waals surface area contributed by atoms with E-state index >= 15 is 0 Å². The van der Waals surface area contributed by atoms with Crippen LogP contribution < -0.4 is 5.32 Å². The summed E-state index contributed by atoms with van der Waals surface area (Å²) in [6, 6.07) is 10.2. The first kappa shape index (κ1) is 11.7. The average Bonchev–Trinajstić information content (AvgIpc) is 2.32. The van der Waals surface area contributed by atoms with Gasteiger partial charge in [-0.1, -0.05) is 12.1 Å². The number of aryl methyl sites for hydroxylation is 2. The number of rotatable bonds is 4. The zero-order chi connectivity index (χ0) is 12.1. The summed E-state index contributed by atoms with van der Waals surface area (Å²) in [5.74, 6) is 0. The fraction of sp³-hybridized carbons (Fsp3) is 0.286. The molecule has 0 amide bonds. The van der Waals surface area contributed by atoms with Gasteiger partial charge >= 0.3 is 0 Å². The molecule has 2 heterocycles. The van der Waals surface area contributed by atoms with Crippen molar-refractivity contribution in [3.63, 3.8) is 0 Å². The first-order chi connectivity index (χ1) is 8.24. The Balaban J connectivity index is 1.85. The Hall–Kier alpha value is -1.74. The van der Waals surface area contributed by atoms with E-state index in [-0.39, 0.29) is 0 Å². The van der Waals surface area contributed by atoms with Crippen molar-refractivity contribution in [2.75, 3.05) is 0 Å². The fourth-order valence-electron chi connectivity index (χ4n) is 1.62. The van der Waals surface area contributed by atoms with Crippen LogP contribution in [0.1, 0.15) is 22.6 Å². The van der Waals surface area contributed by atoms with Crippen LogP contribution in [-0.2, 0) is 13.1 Å². The molecule has 2 aromatic rings. The Morgan fingerprint density at radius 1 is 1.00 bits per heavy atom. The van der Waals surface area contributed by atoms with Crippen LogP contribution in [0.2, 0.25) is 0 Å². The largest absolute Gasteiger partial charge is 0.306 e. The van der Waals surface area contributed by atoms with Gasteiger partial charge in [0.05, 0.1) is 11.4 Å². The van der Waals surface area contributed by atoms with E-state index in [1.807, 2.05) is 44.3 Å². The van der Waals surface area contributed by atoms with Crippen LogP contribution in [0.5, 0.6) is 0 Å². The van der Waals surface area contributed by atoms with Gasteiger partial charge in [-0.05, 0) is 37.6 Å². The van der Waals surface area contributed by atoms with E-state index in [1.165, 1.54) is 5.56 Å². The van der Waals surface area contributed by atoms with Gasteiger partial charge < -0.3 is 5.32 Å². The van der Waals surface area contributed by atoms with Crippen molar-refractivity contribution in [3.8, 4) is 0 Å². The Labute approximate surface area is 102 Å². The summed E-state index contributed by atoms with van der Waals surface area (Å²) in [6.07, 6.45) is 1.89. The molecule has 3 heteroatoms. The molecule has 0 aliphatic heterocycles. The lowest BCUT2D eigenvalue weighted by atomic mass is 10.2. The maximum atomic E-state index is 4.44. The van der Waals surface area contributed by atoms with Gasteiger partial charge in [0.2, 0.25) is 0 Å². The average molecular weight is 227 g/mol. The van der Waals surface area contributed by atoms with Gasteiger partial charge in [0.15, 0.2) is 0 Å². The minimum absolute atomic E-state index is 0.774. The van der Waals surface area contributed by atoms with E-state index in [4.69, 9.17) is 0 Å². The third-order valence-electron chi connectivity index (χ3n) is 2.53.